The Bertz CT molecular complexity index is 880. The van der Waals surface area contributed by atoms with E-state index in [-0.39, 0.29) is 12.3 Å². The Morgan fingerprint density at radius 2 is 2.08 bits per heavy atom. The fourth-order valence-electron chi connectivity index (χ4n) is 3.06. The summed E-state index contributed by atoms with van der Waals surface area (Å²) < 4.78 is 11.1. The highest BCUT2D eigenvalue weighted by molar-refractivity contribution is 5.86. The molecule has 0 radical (unpaired) electrons. The van der Waals surface area contributed by atoms with Crippen LogP contribution >= 0.6 is 0 Å². The van der Waals surface area contributed by atoms with Gasteiger partial charge in [0, 0.05) is 18.4 Å². The van der Waals surface area contributed by atoms with Gasteiger partial charge in [0.1, 0.15) is 17.2 Å². The van der Waals surface area contributed by atoms with E-state index in [1.54, 1.807) is 11.9 Å². The number of rotatable bonds is 5. The van der Waals surface area contributed by atoms with E-state index in [9.17, 15) is 4.79 Å². The first-order valence-electron chi connectivity index (χ1n) is 8.27. The third kappa shape index (κ3) is 2.82. The van der Waals surface area contributed by atoms with E-state index in [2.05, 4.69) is 12.1 Å². The van der Waals surface area contributed by atoms with Crippen molar-refractivity contribution in [3.05, 3.63) is 53.6 Å². The number of likely N-dealkylation sites (N-methyl/N-ethyl adjacent to an activating group) is 1. The molecular formula is C19H20N2O3. The van der Waals surface area contributed by atoms with Crippen molar-refractivity contribution in [2.75, 3.05) is 7.05 Å². The summed E-state index contributed by atoms with van der Waals surface area (Å²) in [5, 5.41) is 4.91. The van der Waals surface area contributed by atoms with Crippen molar-refractivity contribution in [3.8, 4) is 0 Å². The fourth-order valence-corrected chi connectivity index (χ4v) is 3.06. The van der Waals surface area contributed by atoms with Crippen LogP contribution < -0.4 is 0 Å². The molecule has 1 amide bonds. The van der Waals surface area contributed by atoms with E-state index in [1.165, 1.54) is 6.42 Å². The van der Waals surface area contributed by atoms with Gasteiger partial charge in [-0.3, -0.25) is 4.79 Å². The zero-order valence-corrected chi connectivity index (χ0v) is 13.9. The molecule has 0 bridgehead atoms. The highest BCUT2D eigenvalue weighted by atomic mass is 16.5. The number of carbonyl (C=O) groups is 1. The Kier molecular flexibility index (Phi) is 3.63. The molecule has 0 spiro atoms. The zero-order valence-electron chi connectivity index (χ0n) is 13.9. The summed E-state index contributed by atoms with van der Waals surface area (Å²) in [5.74, 6) is 3.13. The summed E-state index contributed by atoms with van der Waals surface area (Å²) in [6, 6.07) is 11.6. The molecule has 0 unspecified atom stereocenters. The van der Waals surface area contributed by atoms with E-state index < -0.39 is 0 Å². The lowest BCUT2D eigenvalue weighted by Crippen LogP contribution is -2.27. The second kappa shape index (κ2) is 5.82. The number of fused-ring (bicyclic) bond motifs is 1. The molecule has 0 saturated heterocycles. The van der Waals surface area contributed by atoms with Gasteiger partial charge in [-0.15, -0.1) is 0 Å². The molecule has 2 atom stereocenters. The highest BCUT2D eigenvalue weighted by Gasteiger charge is 2.36. The molecule has 5 heteroatoms. The largest absolute Gasteiger partial charge is 0.464 e. The van der Waals surface area contributed by atoms with Crippen molar-refractivity contribution in [2.24, 2.45) is 5.92 Å². The van der Waals surface area contributed by atoms with E-state index in [0.717, 1.165) is 16.9 Å². The SMILES string of the molecule is C[C@@H]1C[C@@H]1c1ccc(CN(C)C(=O)Cc2noc3ccccc23)o1. The lowest BCUT2D eigenvalue weighted by atomic mass is 10.1. The van der Waals surface area contributed by atoms with Crippen LogP contribution in [0.5, 0.6) is 0 Å². The van der Waals surface area contributed by atoms with Gasteiger partial charge in [-0.1, -0.05) is 24.2 Å². The van der Waals surface area contributed by atoms with Gasteiger partial charge in [0.05, 0.1) is 13.0 Å². The molecule has 0 aliphatic heterocycles. The number of aromatic nitrogens is 1. The lowest BCUT2D eigenvalue weighted by Gasteiger charge is -2.15. The van der Waals surface area contributed by atoms with E-state index >= 15 is 0 Å². The number of furan rings is 1. The molecule has 124 valence electrons. The van der Waals surface area contributed by atoms with Crippen LogP contribution in [0.4, 0.5) is 0 Å². The van der Waals surface area contributed by atoms with Gasteiger partial charge in [-0.05, 0) is 36.6 Å². The standard InChI is InChI=1S/C19H20N2O3/c1-12-9-15(12)17-8-7-13(23-17)11-21(2)19(22)10-16-14-5-3-4-6-18(14)24-20-16/h3-8,12,15H,9-11H2,1-2H3/t12-,15+/m1/s1. The molecule has 24 heavy (non-hydrogen) atoms. The Morgan fingerprint density at radius 3 is 2.88 bits per heavy atom. The van der Waals surface area contributed by atoms with Crippen LogP contribution in [0.2, 0.25) is 0 Å². The van der Waals surface area contributed by atoms with Crippen LogP contribution in [-0.2, 0) is 17.8 Å². The molecule has 1 aliphatic rings. The number of hydrogen-bond acceptors (Lipinski definition) is 4. The van der Waals surface area contributed by atoms with Crippen LogP contribution in [0.3, 0.4) is 0 Å². The van der Waals surface area contributed by atoms with Gasteiger partial charge < -0.3 is 13.8 Å². The van der Waals surface area contributed by atoms with Gasteiger partial charge in [-0.2, -0.15) is 0 Å². The highest BCUT2D eigenvalue weighted by Crippen LogP contribution is 2.47. The van der Waals surface area contributed by atoms with Crippen molar-refractivity contribution >= 4 is 16.9 Å². The van der Waals surface area contributed by atoms with Crippen molar-refractivity contribution < 1.29 is 13.7 Å². The summed E-state index contributed by atoms with van der Waals surface area (Å²) in [7, 11) is 1.78. The predicted octanol–water partition coefficient (Wildman–Crippen LogP) is 3.75. The maximum absolute atomic E-state index is 12.5. The lowest BCUT2D eigenvalue weighted by molar-refractivity contribution is -0.130. The number of carbonyl (C=O) groups excluding carboxylic acids is 1. The quantitative estimate of drug-likeness (QED) is 0.717. The van der Waals surface area contributed by atoms with Crippen LogP contribution in [0.1, 0.15) is 36.5 Å². The van der Waals surface area contributed by atoms with Gasteiger partial charge >= 0.3 is 0 Å². The number of nitrogens with zero attached hydrogens (tertiary/aromatic N) is 2. The van der Waals surface area contributed by atoms with Crippen LogP contribution in [0.15, 0.2) is 45.3 Å². The average molecular weight is 324 g/mol. The molecule has 1 fully saturated rings. The molecule has 3 aromatic rings. The predicted molar refractivity (Wildman–Crippen MR) is 89.4 cm³/mol. The Hall–Kier alpha value is -2.56. The smallest absolute Gasteiger partial charge is 0.228 e. The monoisotopic (exact) mass is 324 g/mol. The van der Waals surface area contributed by atoms with E-state index in [1.807, 2.05) is 36.4 Å². The van der Waals surface area contributed by atoms with Crippen molar-refractivity contribution in [1.82, 2.24) is 10.1 Å². The summed E-state index contributed by atoms with van der Waals surface area (Å²) in [6.45, 7) is 2.69. The minimum atomic E-state index is -0.00760. The fraction of sp³-hybridized carbons (Fsp3) is 0.368. The molecule has 5 nitrogen and oxygen atoms in total. The maximum Gasteiger partial charge on any atom is 0.228 e. The molecule has 1 saturated carbocycles. The Balaban J connectivity index is 1.41. The summed E-state index contributed by atoms with van der Waals surface area (Å²) >= 11 is 0. The number of para-hydroxylation sites is 1. The first-order chi connectivity index (χ1) is 11.6. The molecule has 1 aromatic carbocycles. The van der Waals surface area contributed by atoms with E-state index in [4.69, 9.17) is 8.94 Å². The third-order valence-corrected chi connectivity index (χ3v) is 4.75. The van der Waals surface area contributed by atoms with Gasteiger partial charge in [0.15, 0.2) is 5.58 Å². The minimum Gasteiger partial charge on any atom is -0.464 e. The molecule has 2 aromatic heterocycles. The van der Waals surface area contributed by atoms with Crippen molar-refractivity contribution in [3.63, 3.8) is 0 Å². The first-order valence-corrected chi connectivity index (χ1v) is 8.27. The van der Waals surface area contributed by atoms with Gasteiger partial charge in [-0.25, -0.2) is 0 Å². The van der Waals surface area contributed by atoms with Crippen molar-refractivity contribution in [1.29, 1.82) is 0 Å². The van der Waals surface area contributed by atoms with Gasteiger partial charge in [0.2, 0.25) is 5.91 Å². The van der Waals surface area contributed by atoms with E-state index in [0.29, 0.717) is 29.7 Å². The topological polar surface area (TPSA) is 59.5 Å². The second-order valence-corrected chi connectivity index (χ2v) is 6.68. The average Bonchev–Trinajstić information content (AvgIpc) is 2.99. The summed E-state index contributed by atoms with van der Waals surface area (Å²) in [6.07, 6.45) is 1.42. The number of hydrogen-bond donors (Lipinski definition) is 0. The Labute approximate surface area is 140 Å². The van der Waals surface area contributed by atoms with Crippen molar-refractivity contribution in [2.45, 2.75) is 32.2 Å². The molecule has 0 N–H and O–H groups in total. The summed E-state index contributed by atoms with van der Waals surface area (Å²) in [4.78, 5) is 14.1. The number of amides is 1. The maximum atomic E-state index is 12.5. The Morgan fingerprint density at radius 1 is 1.29 bits per heavy atom. The zero-order chi connectivity index (χ0) is 16.7. The first kappa shape index (κ1) is 15.0. The van der Waals surface area contributed by atoms with Crippen LogP contribution in [0, 0.1) is 5.92 Å². The molecule has 1 aliphatic carbocycles. The molecule has 2 heterocycles. The summed E-state index contributed by atoms with van der Waals surface area (Å²) in [5.41, 5.74) is 1.38. The number of benzene rings is 1. The van der Waals surface area contributed by atoms with Gasteiger partial charge in [0.25, 0.3) is 0 Å². The second-order valence-electron chi connectivity index (χ2n) is 6.68. The third-order valence-electron chi connectivity index (χ3n) is 4.75. The minimum absolute atomic E-state index is 0.00760. The molecule has 4 rings (SSSR count). The normalized spacial score (nSPS) is 19.6. The molecular weight excluding hydrogens is 304 g/mol. The van der Waals surface area contributed by atoms with Crippen LogP contribution in [-0.4, -0.2) is 23.0 Å². The van der Waals surface area contributed by atoms with Crippen LogP contribution in [0.25, 0.3) is 11.0 Å².